The van der Waals surface area contributed by atoms with Gasteiger partial charge in [0.05, 0.1) is 5.02 Å². The van der Waals surface area contributed by atoms with Crippen LogP contribution in [0.3, 0.4) is 0 Å². The van der Waals surface area contributed by atoms with E-state index in [9.17, 15) is 8.78 Å². The van der Waals surface area contributed by atoms with Crippen LogP contribution in [0, 0.1) is 11.6 Å². The molecule has 1 unspecified atom stereocenters. The molecule has 6 heteroatoms. The van der Waals surface area contributed by atoms with E-state index in [-0.39, 0.29) is 22.3 Å². The van der Waals surface area contributed by atoms with E-state index in [2.05, 4.69) is 15.9 Å². The highest BCUT2D eigenvalue weighted by molar-refractivity contribution is 9.10. The Labute approximate surface area is 140 Å². The molecular formula is C15H12BrCl2F2N. The zero-order chi connectivity index (χ0) is 15.8. The summed E-state index contributed by atoms with van der Waals surface area (Å²) in [5, 5.41) is 0.176. The molecule has 0 heterocycles. The standard InChI is InChI=1S/C15H12BrCl2F2N/c1-15(21,7-8-4-9(16)2-3-13(8)19)10-5-14(20)12(18)6-11(10)17/h2-6H,7,21H2,1H3. The lowest BCUT2D eigenvalue weighted by molar-refractivity contribution is 0.471. The lowest BCUT2D eigenvalue weighted by atomic mass is 9.86. The van der Waals surface area contributed by atoms with Crippen LogP contribution in [-0.2, 0) is 12.0 Å². The molecule has 0 bridgehead atoms. The van der Waals surface area contributed by atoms with E-state index in [0.717, 1.165) is 4.47 Å². The van der Waals surface area contributed by atoms with Crippen molar-refractivity contribution in [3.8, 4) is 0 Å². The van der Waals surface area contributed by atoms with Crippen LogP contribution in [0.4, 0.5) is 8.78 Å². The molecule has 0 aliphatic carbocycles. The van der Waals surface area contributed by atoms with Gasteiger partial charge in [0, 0.05) is 15.0 Å². The van der Waals surface area contributed by atoms with Crippen LogP contribution < -0.4 is 5.73 Å². The molecule has 0 radical (unpaired) electrons. The molecule has 0 spiro atoms. The molecule has 1 nitrogen and oxygen atoms in total. The molecule has 2 rings (SSSR count). The Kier molecular flexibility index (Phi) is 4.93. The van der Waals surface area contributed by atoms with Gasteiger partial charge in [-0.2, -0.15) is 0 Å². The van der Waals surface area contributed by atoms with Crippen molar-refractivity contribution in [1.29, 1.82) is 0 Å². The number of benzene rings is 2. The first-order valence-electron chi connectivity index (χ1n) is 6.08. The second-order valence-corrected chi connectivity index (χ2v) is 6.81. The second-order valence-electron chi connectivity index (χ2n) is 5.08. The molecule has 112 valence electrons. The fraction of sp³-hybridized carbons (Fsp3) is 0.200. The van der Waals surface area contributed by atoms with E-state index in [4.69, 9.17) is 28.9 Å². The van der Waals surface area contributed by atoms with Gasteiger partial charge in [0.15, 0.2) is 0 Å². The zero-order valence-corrected chi connectivity index (χ0v) is 14.2. The van der Waals surface area contributed by atoms with Gasteiger partial charge in [-0.15, -0.1) is 0 Å². The first-order chi connectivity index (χ1) is 9.70. The first kappa shape index (κ1) is 16.7. The average molecular weight is 395 g/mol. The Bertz CT molecular complexity index is 690. The highest BCUT2D eigenvalue weighted by Gasteiger charge is 2.27. The summed E-state index contributed by atoms with van der Waals surface area (Å²) in [6.45, 7) is 1.67. The molecule has 0 aliphatic heterocycles. The normalized spacial score (nSPS) is 14.0. The molecule has 0 fully saturated rings. The van der Waals surface area contributed by atoms with E-state index < -0.39 is 11.4 Å². The Hall–Kier alpha value is -0.680. The molecule has 0 aromatic heterocycles. The minimum absolute atomic E-state index is 0.0758. The summed E-state index contributed by atoms with van der Waals surface area (Å²) in [5.41, 5.74) is 5.99. The number of nitrogens with two attached hydrogens (primary N) is 1. The Balaban J connectivity index is 2.42. The van der Waals surface area contributed by atoms with Crippen molar-refractivity contribution < 1.29 is 8.78 Å². The smallest absolute Gasteiger partial charge is 0.142 e. The van der Waals surface area contributed by atoms with Crippen molar-refractivity contribution in [3.63, 3.8) is 0 Å². The topological polar surface area (TPSA) is 26.0 Å². The van der Waals surface area contributed by atoms with Crippen LogP contribution in [0.15, 0.2) is 34.8 Å². The Morgan fingerprint density at radius 3 is 2.43 bits per heavy atom. The number of halogens is 5. The highest BCUT2D eigenvalue weighted by atomic mass is 79.9. The molecule has 0 amide bonds. The quantitative estimate of drug-likeness (QED) is 0.688. The van der Waals surface area contributed by atoms with Gasteiger partial charge in [0.2, 0.25) is 0 Å². The van der Waals surface area contributed by atoms with Crippen LogP contribution in [-0.4, -0.2) is 0 Å². The van der Waals surface area contributed by atoms with Gasteiger partial charge in [-0.3, -0.25) is 0 Å². The first-order valence-corrected chi connectivity index (χ1v) is 7.63. The zero-order valence-electron chi connectivity index (χ0n) is 11.1. The summed E-state index contributed by atoms with van der Waals surface area (Å²) >= 11 is 15.0. The Morgan fingerprint density at radius 2 is 1.76 bits per heavy atom. The summed E-state index contributed by atoms with van der Waals surface area (Å²) in [5.74, 6) is -0.983. The summed E-state index contributed by atoms with van der Waals surface area (Å²) in [7, 11) is 0. The SMILES string of the molecule is CC(N)(Cc1cc(Br)ccc1F)c1cc(F)c(Cl)cc1Cl. The lowest BCUT2D eigenvalue weighted by Gasteiger charge is -2.27. The summed E-state index contributed by atoms with van der Waals surface area (Å²) < 4.78 is 28.2. The Morgan fingerprint density at radius 1 is 1.10 bits per heavy atom. The van der Waals surface area contributed by atoms with E-state index >= 15 is 0 Å². The van der Waals surface area contributed by atoms with Crippen LogP contribution in [0.1, 0.15) is 18.1 Å². The maximum absolute atomic E-state index is 13.9. The third-order valence-electron chi connectivity index (χ3n) is 3.19. The third-order valence-corrected chi connectivity index (χ3v) is 4.29. The van der Waals surface area contributed by atoms with Crippen molar-refractivity contribution in [1.82, 2.24) is 0 Å². The van der Waals surface area contributed by atoms with Crippen LogP contribution in [0.2, 0.25) is 10.0 Å². The van der Waals surface area contributed by atoms with E-state index in [1.54, 1.807) is 19.1 Å². The minimum atomic E-state index is -1.04. The summed E-state index contributed by atoms with van der Waals surface area (Å²) in [6, 6.07) is 7.08. The average Bonchev–Trinajstić information content (AvgIpc) is 2.37. The van der Waals surface area contributed by atoms with Gasteiger partial charge >= 0.3 is 0 Å². The fourth-order valence-corrected chi connectivity index (χ4v) is 3.14. The minimum Gasteiger partial charge on any atom is -0.321 e. The maximum Gasteiger partial charge on any atom is 0.142 e. The molecule has 1 atom stereocenters. The molecule has 0 saturated carbocycles. The lowest BCUT2D eigenvalue weighted by Crippen LogP contribution is -2.36. The van der Waals surface area contributed by atoms with Crippen molar-refractivity contribution in [3.05, 3.63) is 67.6 Å². The molecule has 2 aromatic rings. The summed E-state index contributed by atoms with van der Waals surface area (Å²) in [4.78, 5) is 0. The van der Waals surface area contributed by atoms with Crippen molar-refractivity contribution in [2.45, 2.75) is 18.9 Å². The van der Waals surface area contributed by atoms with Gasteiger partial charge in [0.25, 0.3) is 0 Å². The van der Waals surface area contributed by atoms with Crippen molar-refractivity contribution in [2.75, 3.05) is 0 Å². The van der Waals surface area contributed by atoms with E-state index in [1.165, 1.54) is 18.2 Å². The fourth-order valence-electron chi connectivity index (χ4n) is 2.13. The van der Waals surface area contributed by atoms with Gasteiger partial charge in [-0.25, -0.2) is 8.78 Å². The molecule has 0 aliphatic rings. The van der Waals surface area contributed by atoms with Gasteiger partial charge in [-0.05, 0) is 54.8 Å². The monoisotopic (exact) mass is 393 g/mol. The molecule has 2 aromatic carbocycles. The molecule has 2 N–H and O–H groups in total. The van der Waals surface area contributed by atoms with E-state index in [1.807, 2.05) is 0 Å². The van der Waals surface area contributed by atoms with Gasteiger partial charge < -0.3 is 5.73 Å². The second kappa shape index (κ2) is 6.21. The molecule has 0 saturated heterocycles. The predicted octanol–water partition coefficient (Wildman–Crippen LogP) is 5.45. The van der Waals surface area contributed by atoms with Crippen LogP contribution >= 0.6 is 39.1 Å². The number of rotatable bonds is 3. The van der Waals surface area contributed by atoms with E-state index in [0.29, 0.717) is 11.1 Å². The highest BCUT2D eigenvalue weighted by Crippen LogP contribution is 2.33. The molecule has 21 heavy (non-hydrogen) atoms. The molecular weight excluding hydrogens is 383 g/mol. The largest absolute Gasteiger partial charge is 0.321 e. The van der Waals surface area contributed by atoms with Crippen LogP contribution in [0.25, 0.3) is 0 Å². The predicted molar refractivity (Wildman–Crippen MR) is 85.8 cm³/mol. The number of hydrogen-bond acceptors (Lipinski definition) is 1. The van der Waals surface area contributed by atoms with Gasteiger partial charge in [-0.1, -0.05) is 39.1 Å². The summed E-state index contributed by atoms with van der Waals surface area (Å²) in [6.07, 6.45) is 0.166. The van der Waals surface area contributed by atoms with Crippen LogP contribution in [0.5, 0.6) is 0 Å². The maximum atomic E-state index is 13.9. The van der Waals surface area contributed by atoms with Gasteiger partial charge in [0.1, 0.15) is 11.6 Å². The third kappa shape index (κ3) is 3.75. The van der Waals surface area contributed by atoms with Crippen molar-refractivity contribution >= 4 is 39.1 Å². The number of hydrogen-bond donors (Lipinski definition) is 1. The van der Waals surface area contributed by atoms with Crippen molar-refractivity contribution in [2.24, 2.45) is 5.73 Å².